The molecule has 3 heteroatoms. The summed E-state index contributed by atoms with van der Waals surface area (Å²) in [6.45, 7) is 3.63. The summed E-state index contributed by atoms with van der Waals surface area (Å²) < 4.78 is 11.1. The lowest BCUT2D eigenvalue weighted by atomic mass is 10.1. The van der Waals surface area contributed by atoms with Crippen molar-refractivity contribution >= 4 is 5.78 Å². The molecule has 1 fully saturated rings. The molecular weight excluding hydrogens is 312 g/mol. The lowest BCUT2D eigenvalue weighted by Crippen LogP contribution is -2.22. The van der Waals surface area contributed by atoms with Gasteiger partial charge in [0, 0.05) is 19.4 Å². The molecule has 136 valence electrons. The topological polar surface area (TPSA) is 35.5 Å². The van der Waals surface area contributed by atoms with Crippen LogP contribution in [0.3, 0.4) is 0 Å². The summed E-state index contributed by atoms with van der Waals surface area (Å²) in [5.41, 5.74) is 0. The lowest BCUT2D eigenvalue weighted by Gasteiger charge is -2.22. The van der Waals surface area contributed by atoms with Crippen molar-refractivity contribution in [2.24, 2.45) is 0 Å². The van der Waals surface area contributed by atoms with Crippen LogP contribution in [0.1, 0.15) is 64.7 Å². The van der Waals surface area contributed by atoms with Crippen molar-refractivity contribution in [2.75, 3.05) is 13.2 Å². The van der Waals surface area contributed by atoms with Gasteiger partial charge in [-0.1, -0.05) is 43.8 Å². The van der Waals surface area contributed by atoms with Gasteiger partial charge in [0.2, 0.25) is 0 Å². The van der Waals surface area contributed by atoms with E-state index >= 15 is 0 Å². The van der Waals surface area contributed by atoms with Crippen LogP contribution in [0.4, 0.5) is 0 Å². The molecule has 0 aromatic carbocycles. The van der Waals surface area contributed by atoms with E-state index in [0.29, 0.717) is 13.0 Å². The number of carbonyl (C=O) groups is 1. The maximum absolute atomic E-state index is 11.5. The van der Waals surface area contributed by atoms with Crippen LogP contribution in [0.2, 0.25) is 0 Å². The molecule has 1 rings (SSSR count). The Hall–Kier alpha value is -1.81. The predicted octanol–water partition coefficient (Wildman–Crippen LogP) is 4.58. The smallest absolute Gasteiger partial charge is 0.157 e. The quantitative estimate of drug-likeness (QED) is 0.252. The van der Waals surface area contributed by atoms with Crippen LogP contribution in [0, 0.1) is 23.7 Å². The van der Waals surface area contributed by atoms with Crippen molar-refractivity contribution in [1.82, 2.24) is 0 Å². The zero-order valence-electron chi connectivity index (χ0n) is 15.4. The summed E-state index contributed by atoms with van der Waals surface area (Å²) in [7, 11) is 0. The molecule has 0 aromatic heterocycles. The number of rotatable bonds is 10. The van der Waals surface area contributed by atoms with E-state index < -0.39 is 0 Å². The van der Waals surface area contributed by atoms with Gasteiger partial charge in [-0.3, -0.25) is 4.79 Å². The van der Waals surface area contributed by atoms with E-state index in [1.54, 1.807) is 24.3 Å². The van der Waals surface area contributed by atoms with E-state index in [1.165, 1.54) is 6.42 Å². The predicted molar refractivity (Wildman–Crippen MR) is 102 cm³/mol. The standard InChI is InChI=1S/C22H30O3/c1-2-3-11-16-21(23)17-12-9-7-5-4-6-8-10-14-19-24-22-18-13-15-20-25-22/h7,9,12,17,22H,2-3,10-11,13-16,18-20H2,1H3/b9-7+,17-12+. The first-order valence-electron chi connectivity index (χ1n) is 9.40. The van der Waals surface area contributed by atoms with Gasteiger partial charge in [0.25, 0.3) is 0 Å². The Kier molecular flexibility index (Phi) is 13.3. The summed E-state index contributed by atoms with van der Waals surface area (Å²) in [5.74, 6) is 11.6. The van der Waals surface area contributed by atoms with Gasteiger partial charge in [-0.15, -0.1) is 0 Å². The zero-order valence-corrected chi connectivity index (χ0v) is 15.4. The fourth-order valence-corrected chi connectivity index (χ4v) is 2.30. The average Bonchev–Trinajstić information content (AvgIpc) is 2.63. The van der Waals surface area contributed by atoms with E-state index in [4.69, 9.17) is 9.47 Å². The highest BCUT2D eigenvalue weighted by atomic mass is 16.7. The fourth-order valence-electron chi connectivity index (χ4n) is 2.30. The monoisotopic (exact) mass is 342 g/mol. The van der Waals surface area contributed by atoms with Gasteiger partial charge in [-0.05, 0) is 56.1 Å². The second-order valence-electron chi connectivity index (χ2n) is 5.98. The molecule has 1 aliphatic rings. The molecular formula is C22H30O3. The van der Waals surface area contributed by atoms with E-state index in [-0.39, 0.29) is 12.1 Å². The molecule has 0 amide bonds. The van der Waals surface area contributed by atoms with Crippen LogP contribution in [0.25, 0.3) is 0 Å². The van der Waals surface area contributed by atoms with E-state index in [0.717, 1.165) is 51.6 Å². The molecule has 0 aromatic rings. The number of ether oxygens (including phenoxy) is 2. The van der Waals surface area contributed by atoms with Crippen molar-refractivity contribution in [1.29, 1.82) is 0 Å². The average molecular weight is 342 g/mol. The van der Waals surface area contributed by atoms with Crippen LogP contribution in [-0.2, 0) is 14.3 Å². The van der Waals surface area contributed by atoms with Crippen LogP contribution in [0.5, 0.6) is 0 Å². The number of ketones is 1. The minimum atomic E-state index is -0.0155. The van der Waals surface area contributed by atoms with Gasteiger partial charge in [0.1, 0.15) is 0 Å². The summed E-state index contributed by atoms with van der Waals surface area (Å²) in [4.78, 5) is 11.5. The highest BCUT2D eigenvalue weighted by molar-refractivity contribution is 5.89. The molecule has 3 nitrogen and oxygen atoms in total. The molecule has 0 N–H and O–H groups in total. The molecule has 0 bridgehead atoms. The minimum Gasteiger partial charge on any atom is -0.353 e. The van der Waals surface area contributed by atoms with Gasteiger partial charge in [0.15, 0.2) is 12.1 Å². The van der Waals surface area contributed by atoms with Crippen molar-refractivity contribution in [3.63, 3.8) is 0 Å². The Morgan fingerprint density at radius 1 is 1.20 bits per heavy atom. The fraction of sp³-hybridized carbons (Fsp3) is 0.591. The SMILES string of the molecule is CCCCCC(=O)/C=C/C=C/C#CC#CCCCOC1CCCCO1. The first-order valence-corrected chi connectivity index (χ1v) is 9.40. The lowest BCUT2D eigenvalue weighted by molar-refractivity contribution is -0.162. The summed E-state index contributed by atoms with van der Waals surface area (Å²) in [6.07, 6.45) is 15.7. The second kappa shape index (κ2) is 15.7. The number of allylic oxidation sites excluding steroid dienone is 4. The second-order valence-corrected chi connectivity index (χ2v) is 5.98. The number of hydrogen-bond acceptors (Lipinski definition) is 3. The third-order valence-corrected chi connectivity index (χ3v) is 3.71. The number of carbonyl (C=O) groups excluding carboxylic acids is 1. The number of hydrogen-bond donors (Lipinski definition) is 0. The van der Waals surface area contributed by atoms with E-state index in [2.05, 4.69) is 30.6 Å². The molecule has 1 heterocycles. The normalized spacial score (nSPS) is 17.1. The summed E-state index contributed by atoms with van der Waals surface area (Å²) in [6, 6.07) is 0. The van der Waals surface area contributed by atoms with Crippen molar-refractivity contribution in [3.05, 3.63) is 24.3 Å². The third kappa shape index (κ3) is 13.2. The van der Waals surface area contributed by atoms with Crippen molar-refractivity contribution in [3.8, 4) is 23.7 Å². The van der Waals surface area contributed by atoms with Crippen LogP contribution >= 0.6 is 0 Å². The molecule has 1 unspecified atom stereocenters. The molecule has 0 spiro atoms. The van der Waals surface area contributed by atoms with E-state index in [9.17, 15) is 4.79 Å². The van der Waals surface area contributed by atoms with Crippen molar-refractivity contribution in [2.45, 2.75) is 71.0 Å². The Morgan fingerprint density at radius 2 is 2.12 bits per heavy atom. The zero-order chi connectivity index (χ0) is 18.0. The third-order valence-electron chi connectivity index (χ3n) is 3.71. The molecule has 1 aliphatic heterocycles. The minimum absolute atomic E-state index is 0.0155. The Balaban J connectivity index is 2.04. The molecule has 0 saturated carbocycles. The molecule has 0 radical (unpaired) electrons. The first-order chi connectivity index (χ1) is 12.3. The largest absolute Gasteiger partial charge is 0.353 e. The van der Waals surface area contributed by atoms with Crippen LogP contribution in [-0.4, -0.2) is 25.3 Å². The first kappa shape index (κ1) is 21.2. The highest BCUT2D eigenvalue weighted by Gasteiger charge is 2.12. The van der Waals surface area contributed by atoms with Gasteiger partial charge >= 0.3 is 0 Å². The Morgan fingerprint density at radius 3 is 2.92 bits per heavy atom. The highest BCUT2D eigenvalue weighted by Crippen LogP contribution is 2.13. The van der Waals surface area contributed by atoms with Crippen molar-refractivity contribution < 1.29 is 14.3 Å². The van der Waals surface area contributed by atoms with Gasteiger partial charge in [-0.25, -0.2) is 0 Å². The number of unbranched alkanes of at least 4 members (excludes halogenated alkanes) is 3. The van der Waals surface area contributed by atoms with Gasteiger partial charge in [-0.2, -0.15) is 0 Å². The Labute approximate surface area is 152 Å². The van der Waals surface area contributed by atoms with Gasteiger partial charge in [0.05, 0.1) is 6.61 Å². The van der Waals surface area contributed by atoms with Crippen LogP contribution < -0.4 is 0 Å². The van der Waals surface area contributed by atoms with E-state index in [1.807, 2.05) is 0 Å². The molecule has 1 saturated heterocycles. The van der Waals surface area contributed by atoms with Gasteiger partial charge < -0.3 is 9.47 Å². The Bertz CT molecular complexity index is 531. The maximum atomic E-state index is 11.5. The summed E-state index contributed by atoms with van der Waals surface area (Å²) in [5, 5.41) is 0. The van der Waals surface area contributed by atoms with Crippen LogP contribution in [0.15, 0.2) is 24.3 Å². The maximum Gasteiger partial charge on any atom is 0.157 e. The summed E-state index contributed by atoms with van der Waals surface area (Å²) >= 11 is 0. The molecule has 1 atom stereocenters. The molecule has 0 aliphatic carbocycles. The molecule has 25 heavy (non-hydrogen) atoms.